The lowest BCUT2D eigenvalue weighted by atomic mass is 9.90. The Hall–Kier alpha value is -0.680. The van der Waals surface area contributed by atoms with Crippen LogP contribution in [0.25, 0.3) is 0 Å². The fraction of sp³-hybridized carbons (Fsp3) is 0.889. The quantitative estimate of drug-likeness (QED) is 0.678. The molecule has 0 radical (unpaired) electrons. The van der Waals surface area contributed by atoms with Crippen LogP contribution in [-0.4, -0.2) is 17.9 Å². The predicted octanol–water partition coefficient (Wildman–Crippen LogP) is 3.44. The third-order valence-electron chi connectivity index (χ3n) is 2.31. The molecule has 1 atom stereocenters. The topological polar surface area (TPSA) is 17.1 Å². The van der Waals surface area contributed by atoms with Gasteiger partial charge in [0.05, 0.1) is 0 Å². The first-order valence-corrected chi connectivity index (χ1v) is 4.48. The summed E-state index contributed by atoms with van der Waals surface area (Å²) in [5, 5.41) is 0. The minimum absolute atomic E-state index is 0.197. The molecule has 0 bridgehead atoms. The minimum atomic E-state index is -5.47. The fourth-order valence-corrected chi connectivity index (χ4v) is 0.940. The summed E-state index contributed by atoms with van der Waals surface area (Å²) in [6, 6.07) is 0. The van der Waals surface area contributed by atoms with Crippen LogP contribution in [0.5, 0.6) is 0 Å². The van der Waals surface area contributed by atoms with Gasteiger partial charge in [-0.3, -0.25) is 4.79 Å². The largest absolute Gasteiger partial charge is 0.456 e. The Morgan fingerprint density at radius 2 is 1.47 bits per heavy atom. The zero-order valence-electron chi connectivity index (χ0n) is 8.66. The van der Waals surface area contributed by atoms with Crippen LogP contribution in [0.1, 0.15) is 27.2 Å². The molecule has 0 amide bonds. The number of halogens is 5. The number of rotatable bonds is 4. The average Bonchev–Trinajstić information content (AvgIpc) is 2.00. The minimum Gasteiger partial charge on any atom is -0.283 e. The number of hydrogen-bond donors (Lipinski definition) is 0. The Morgan fingerprint density at radius 3 is 1.73 bits per heavy atom. The molecule has 1 unspecified atom stereocenters. The van der Waals surface area contributed by atoms with Crippen LogP contribution in [0, 0.1) is 11.8 Å². The van der Waals surface area contributed by atoms with Crippen LogP contribution in [0.3, 0.4) is 0 Å². The lowest BCUT2D eigenvalue weighted by Crippen LogP contribution is -2.41. The van der Waals surface area contributed by atoms with E-state index in [0.717, 1.165) is 0 Å². The van der Waals surface area contributed by atoms with E-state index >= 15 is 0 Å². The molecule has 0 aliphatic rings. The summed E-state index contributed by atoms with van der Waals surface area (Å²) in [5.74, 6) is -8.12. The van der Waals surface area contributed by atoms with Crippen LogP contribution in [0.2, 0.25) is 0 Å². The first kappa shape index (κ1) is 14.3. The van der Waals surface area contributed by atoms with Crippen LogP contribution in [-0.2, 0) is 4.79 Å². The lowest BCUT2D eigenvalue weighted by Gasteiger charge is -2.22. The predicted molar refractivity (Wildman–Crippen MR) is 44.6 cm³/mol. The van der Waals surface area contributed by atoms with Crippen molar-refractivity contribution in [1.29, 1.82) is 0 Å². The van der Waals surface area contributed by atoms with Crippen LogP contribution in [0.4, 0.5) is 22.0 Å². The summed E-state index contributed by atoms with van der Waals surface area (Å²) in [6.07, 6.45) is -6.54. The van der Waals surface area contributed by atoms with Gasteiger partial charge < -0.3 is 0 Å². The average molecular weight is 232 g/mol. The Kier molecular flexibility index (Phi) is 4.25. The molecule has 0 aliphatic heterocycles. The molecule has 0 aromatic carbocycles. The van der Waals surface area contributed by atoms with E-state index in [4.69, 9.17) is 0 Å². The molecule has 0 saturated carbocycles. The van der Waals surface area contributed by atoms with Gasteiger partial charge in [-0.05, 0) is 11.8 Å². The number of hydrogen-bond acceptors (Lipinski definition) is 1. The van der Waals surface area contributed by atoms with Crippen molar-refractivity contribution in [3.8, 4) is 0 Å². The van der Waals surface area contributed by atoms with E-state index in [-0.39, 0.29) is 5.92 Å². The van der Waals surface area contributed by atoms with Crippen molar-refractivity contribution in [3.63, 3.8) is 0 Å². The third-order valence-corrected chi connectivity index (χ3v) is 2.31. The van der Waals surface area contributed by atoms with Gasteiger partial charge in [0, 0.05) is 6.42 Å². The number of carbonyl (C=O) groups is 1. The molecule has 0 aliphatic carbocycles. The Morgan fingerprint density at radius 1 is 1.07 bits per heavy atom. The fourth-order valence-electron chi connectivity index (χ4n) is 0.940. The highest BCUT2D eigenvalue weighted by molar-refractivity contribution is 5.90. The van der Waals surface area contributed by atoms with Gasteiger partial charge >= 0.3 is 17.9 Å². The lowest BCUT2D eigenvalue weighted by molar-refractivity contribution is -0.197. The van der Waals surface area contributed by atoms with Crippen molar-refractivity contribution < 1.29 is 26.7 Å². The van der Waals surface area contributed by atoms with Crippen molar-refractivity contribution in [1.82, 2.24) is 0 Å². The van der Waals surface area contributed by atoms with Crippen LogP contribution in [0.15, 0.2) is 0 Å². The molecule has 0 heterocycles. The molecule has 0 fully saturated rings. The van der Waals surface area contributed by atoms with Crippen molar-refractivity contribution in [2.24, 2.45) is 11.8 Å². The highest BCUT2D eigenvalue weighted by Crippen LogP contribution is 2.34. The van der Waals surface area contributed by atoms with E-state index in [9.17, 15) is 26.7 Å². The van der Waals surface area contributed by atoms with Gasteiger partial charge in [-0.25, -0.2) is 0 Å². The highest BCUT2D eigenvalue weighted by atomic mass is 19.4. The molecule has 6 heteroatoms. The molecule has 0 saturated heterocycles. The number of carbonyl (C=O) groups excluding carboxylic acids is 1. The van der Waals surface area contributed by atoms with Crippen molar-refractivity contribution in [3.05, 3.63) is 0 Å². The number of alkyl halides is 5. The maximum absolute atomic E-state index is 12.9. The Bertz CT molecular complexity index is 231. The molecule has 0 spiro atoms. The van der Waals surface area contributed by atoms with Gasteiger partial charge in [-0.2, -0.15) is 22.0 Å². The maximum atomic E-state index is 12.9. The second-order valence-electron chi connectivity index (χ2n) is 3.96. The van der Waals surface area contributed by atoms with Gasteiger partial charge in [0.2, 0.25) is 0 Å². The zero-order chi connectivity index (χ0) is 12.4. The molecular weight excluding hydrogens is 219 g/mol. The Labute approximate surface area is 84.6 Å². The Balaban J connectivity index is 4.63. The summed E-state index contributed by atoms with van der Waals surface area (Å²) >= 11 is 0. The van der Waals surface area contributed by atoms with Gasteiger partial charge in [-0.15, -0.1) is 0 Å². The summed E-state index contributed by atoms with van der Waals surface area (Å²) < 4.78 is 61.0. The molecule has 90 valence electrons. The second kappa shape index (κ2) is 4.45. The van der Waals surface area contributed by atoms with E-state index < -0.39 is 30.2 Å². The van der Waals surface area contributed by atoms with Crippen LogP contribution >= 0.6 is 0 Å². The van der Waals surface area contributed by atoms with E-state index in [1.54, 1.807) is 13.8 Å². The molecular formula is C9H13F5O. The van der Waals surface area contributed by atoms with Crippen molar-refractivity contribution in [2.45, 2.75) is 39.3 Å². The second-order valence-corrected chi connectivity index (χ2v) is 3.96. The maximum Gasteiger partial charge on any atom is 0.456 e. The first-order chi connectivity index (χ1) is 6.48. The summed E-state index contributed by atoms with van der Waals surface area (Å²) in [7, 11) is 0. The monoisotopic (exact) mass is 232 g/mol. The smallest absolute Gasteiger partial charge is 0.283 e. The molecule has 0 rings (SSSR count). The van der Waals surface area contributed by atoms with Crippen LogP contribution < -0.4 is 0 Å². The number of Topliss-reactive ketones (excluding diaryl/α,β-unsaturated/α-hetero) is 1. The van der Waals surface area contributed by atoms with E-state index in [0.29, 0.717) is 0 Å². The third kappa shape index (κ3) is 4.13. The molecule has 0 aromatic rings. The summed E-state index contributed by atoms with van der Waals surface area (Å²) in [6.45, 7) is 4.61. The standard InChI is InChI=1S/C9H13F5O/c1-5(2)6(3)4-8(10,11)7(15)9(12,13)14/h5-6H,4H2,1-3H3. The van der Waals surface area contributed by atoms with E-state index in [1.807, 2.05) is 0 Å². The van der Waals surface area contributed by atoms with Gasteiger partial charge in [0.25, 0.3) is 0 Å². The SMILES string of the molecule is CC(C)C(C)CC(F)(F)C(=O)C(F)(F)F. The molecule has 1 nitrogen and oxygen atoms in total. The van der Waals surface area contributed by atoms with Gasteiger partial charge in [0.15, 0.2) is 0 Å². The summed E-state index contributed by atoms with van der Waals surface area (Å²) in [4.78, 5) is 10.4. The van der Waals surface area contributed by atoms with Crippen molar-refractivity contribution in [2.75, 3.05) is 0 Å². The van der Waals surface area contributed by atoms with E-state index in [2.05, 4.69) is 0 Å². The summed E-state index contributed by atoms with van der Waals surface area (Å²) in [5.41, 5.74) is 0. The van der Waals surface area contributed by atoms with Gasteiger partial charge in [0.1, 0.15) is 0 Å². The normalized spacial score (nSPS) is 15.5. The first-order valence-electron chi connectivity index (χ1n) is 4.48. The number of ketones is 1. The van der Waals surface area contributed by atoms with Crippen molar-refractivity contribution >= 4 is 5.78 Å². The molecule has 15 heavy (non-hydrogen) atoms. The molecule has 0 aromatic heterocycles. The zero-order valence-corrected chi connectivity index (χ0v) is 8.66. The van der Waals surface area contributed by atoms with Gasteiger partial charge in [-0.1, -0.05) is 20.8 Å². The van der Waals surface area contributed by atoms with E-state index in [1.165, 1.54) is 6.92 Å². The molecule has 0 N–H and O–H groups in total. The highest BCUT2D eigenvalue weighted by Gasteiger charge is 2.55.